The first-order valence-electron chi connectivity index (χ1n) is 6.21. The van der Waals surface area contributed by atoms with Crippen molar-refractivity contribution in [2.24, 2.45) is 5.92 Å². The quantitative estimate of drug-likeness (QED) is 0.622. The highest BCUT2D eigenvalue weighted by atomic mass is 35.5. The van der Waals surface area contributed by atoms with Crippen LogP contribution in [-0.4, -0.2) is 49.0 Å². The third kappa shape index (κ3) is 3.40. The van der Waals surface area contributed by atoms with E-state index in [0.717, 1.165) is 12.8 Å². The van der Waals surface area contributed by atoms with E-state index < -0.39 is 7.67 Å². The van der Waals surface area contributed by atoms with E-state index in [4.69, 9.17) is 32.5 Å². The summed E-state index contributed by atoms with van der Waals surface area (Å²) in [4.78, 5) is 0. The zero-order valence-corrected chi connectivity index (χ0v) is 12.6. The van der Waals surface area contributed by atoms with E-state index in [0.29, 0.717) is 38.1 Å². The molecular formula is C10H19Cl2N2O3P. The SMILES string of the molecule is O=[P@@]1(N(CCCl)CCCl)N[C@H]2OCCC[C@H]2CO1. The smallest absolute Gasteiger partial charge is 0.345 e. The van der Waals surface area contributed by atoms with Gasteiger partial charge in [0.25, 0.3) is 0 Å². The Kier molecular flexibility index (Phi) is 5.76. The second kappa shape index (κ2) is 6.89. The zero-order chi connectivity index (χ0) is 13.0. The van der Waals surface area contributed by atoms with Gasteiger partial charge in [0, 0.05) is 37.4 Å². The molecule has 0 radical (unpaired) electrons. The number of hydrogen-bond donors (Lipinski definition) is 1. The second-order valence-corrected chi connectivity index (χ2v) is 7.35. The summed E-state index contributed by atoms with van der Waals surface area (Å²) < 4.78 is 25.7. The minimum atomic E-state index is -3.06. The molecule has 0 bridgehead atoms. The fraction of sp³-hybridized carbons (Fsp3) is 1.00. The van der Waals surface area contributed by atoms with Gasteiger partial charge < -0.3 is 9.26 Å². The number of nitrogens with one attached hydrogen (secondary N) is 1. The van der Waals surface area contributed by atoms with Crippen LogP contribution in [0.2, 0.25) is 0 Å². The third-order valence-corrected chi connectivity index (χ3v) is 5.82. The first kappa shape index (κ1) is 15.0. The molecule has 2 fully saturated rings. The van der Waals surface area contributed by atoms with E-state index in [-0.39, 0.29) is 12.1 Å². The van der Waals surface area contributed by atoms with E-state index in [9.17, 15) is 4.57 Å². The molecule has 0 aliphatic carbocycles. The minimum absolute atomic E-state index is 0.175. The summed E-state index contributed by atoms with van der Waals surface area (Å²) in [6.45, 7) is 2.14. The normalized spacial score (nSPS) is 36.6. The van der Waals surface area contributed by atoms with E-state index in [1.54, 1.807) is 4.67 Å². The first-order chi connectivity index (χ1) is 8.69. The molecule has 0 unspecified atom stereocenters. The maximum atomic E-state index is 12.8. The van der Waals surface area contributed by atoms with Gasteiger partial charge in [0.2, 0.25) is 0 Å². The van der Waals surface area contributed by atoms with Crippen molar-refractivity contribution >= 4 is 30.9 Å². The highest BCUT2D eigenvalue weighted by Crippen LogP contribution is 2.51. The summed E-state index contributed by atoms with van der Waals surface area (Å²) in [5.74, 6) is 1.07. The van der Waals surface area contributed by atoms with Crippen LogP contribution in [0.1, 0.15) is 12.8 Å². The predicted molar refractivity (Wildman–Crippen MR) is 72.2 cm³/mol. The molecule has 0 aromatic rings. The van der Waals surface area contributed by atoms with Crippen LogP contribution < -0.4 is 5.09 Å². The summed E-state index contributed by atoms with van der Waals surface area (Å²) in [6.07, 6.45) is 1.90. The number of ether oxygens (including phenoxy) is 1. The van der Waals surface area contributed by atoms with Crippen LogP contribution in [0.25, 0.3) is 0 Å². The lowest BCUT2D eigenvalue weighted by Crippen LogP contribution is -2.49. The fourth-order valence-electron chi connectivity index (χ4n) is 2.29. The van der Waals surface area contributed by atoms with Crippen LogP contribution in [0.4, 0.5) is 0 Å². The number of alkyl halides is 2. The van der Waals surface area contributed by atoms with Crippen molar-refractivity contribution in [2.75, 3.05) is 38.1 Å². The van der Waals surface area contributed by atoms with Crippen LogP contribution in [0.3, 0.4) is 0 Å². The zero-order valence-electron chi connectivity index (χ0n) is 10.2. The molecule has 0 aromatic carbocycles. The maximum Gasteiger partial charge on any atom is 0.345 e. The number of fused-ring (bicyclic) bond motifs is 1. The van der Waals surface area contributed by atoms with E-state index >= 15 is 0 Å². The average molecular weight is 317 g/mol. The van der Waals surface area contributed by atoms with E-state index in [1.807, 2.05) is 0 Å². The Balaban J connectivity index is 2.03. The van der Waals surface area contributed by atoms with Gasteiger partial charge in [0.1, 0.15) is 6.23 Å². The summed E-state index contributed by atoms with van der Waals surface area (Å²) >= 11 is 11.5. The molecule has 2 heterocycles. The van der Waals surface area contributed by atoms with Gasteiger partial charge in [-0.25, -0.2) is 9.76 Å². The number of hydrogen-bond acceptors (Lipinski definition) is 3. The van der Waals surface area contributed by atoms with Crippen molar-refractivity contribution < 1.29 is 13.8 Å². The molecule has 106 valence electrons. The Hall–Kier alpha value is 0.650. The van der Waals surface area contributed by atoms with E-state index in [2.05, 4.69) is 5.09 Å². The lowest BCUT2D eigenvalue weighted by Gasteiger charge is -2.42. The predicted octanol–water partition coefficient (Wildman–Crippen LogP) is 2.25. The summed E-state index contributed by atoms with van der Waals surface area (Å²) in [5.41, 5.74) is 0. The van der Waals surface area contributed by atoms with Crippen molar-refractivity contribution in [3.8, 4) is 0 Å². The molecule has 0 amide bonds. The summed E-state index contributed by atoms with van der Waals surface area (Å²) in [5, 5.41) is 3.02. The molecular weight excluding hydrogens is 298 g/mol. The average Bonchev–Trinajstić information content (AvgIpc) is 2.38. The van der Waals surface area contributed by atoms with Crippen molar-refractivity contribution in [2.45, 2.75) is 19.1 Å². The third-order valence-electron chi connectivity index (χ3n) is 3.26. The number of rotatable bonds is 5. The Bertz CT molecular complexity index is 315. The molecule has 1 N–H and O–H groups in total. The highest BCUT2D eigenvalue weighted by Gasteiger charge is 2.43. The van der Waals surface area contributed by atoms with Crippen molar-refractivity contribution in [1.29, 1.82) is 0 Å². The summed E-state index contributed by atoms with van der Waals surface area (Å²) in [7, 11) is -3.06. The molecule has 18 heavy (non-hydrogen) atoms. The van der Waals surface area contributed by atoms with Gasteiger partial charge in [-0.1, -0.05) is 0 Å². The highest BCUT2D eigenvalue weighted by molar-refractivity contribution is 7.54. The van der Waals surface area contributed by atoms with Gasteiger partial charge in [-0.15, -0.1) is 23.2 Å². The van der Waals surface area contributed by atoms with Crippen molar-refractivity contribution in [3.05, 3.63) is 0 Å². The second-order valence-electron chi connectivity index (χ2n) is 4.47. The largest absolute Gasteiger partial charge is 0.362 e. The van der Waals surface area contributed by atoms with Crippen LogP contribution in [0, 0.1) is 5.92 Å². The fourth-order valence-corrected chi connectivity index (χ4v) is 5.06. The van der Waals surface area contributed by atoms with Gasteiger partial charge in [0.15, 0.2) is 0 Å². The molecule has 0 spiro atoms. The number of nitrogens with zero attached hydrogens (tertiary/aromatic N) is 1. The Morgan fingerprint density at radius 2 is 2.06 bits per heavy atom. The topological polar surface area (TPSA) is 50.8 Å². The molecule has 2 aliphatic rings. The lowest BCUT2D eigenvalue weighted by molar-refractivity contribution is -0.0650. The van der Waals surface area contributed by atoms with Crippen molar-refractivity contribution in [3.63, 3.8) is 0 Å². The first-order valence-corrected chi connectivity index (χ1v) is 8.85. The molecule has 0 aromatic heterocycles. The monoisotopic (exact) mass is 316 g/mol. The van der Waals surface area contributed by atoms with E-state index in [1.165, 1.54) is 0 Å². The Labute approximate surface area is 118 Å². The van der Waals surface area contributed by atoms with Gasteiger partial charge in [-0.2, -0.15) is 0 Å². The molecule has 3 atom stereocenters. The molecule has 0 saturated carbocycles. The molecule has 8 heteroatoms. The minimum Gasteiger partial charge on any atom is -0.362 e. The molecule has 2 saturated heterocycles. The van der Waals surface area contributed by atoms with Gasteiger partial charge in [-0.05, 0) is 12.8 Å². The van der Waals surface area contributed by atoms with Gasteiger partial charge in [-0.3, -0.25) is 4.57 Å². The Morgan fingerprint density at radius 3 is 2.72 bits per heavy atom. The standard InChI is InChI=1S/C10H19Cl2N2O3P/c11-3-5-14(6-4-12)18(15)13-10-9(8-17-18)2-1-7-16-10/h9-10H,1-8H2,(H,13,15)/t9-,10-,18-/m0/s1. The van der Waals surface area contributed by atoms with Gasteiger partial charge in [0.05, 0.1) is 6.61 Å². The van der Waals surface area contributed by atoms with Crippen molar-refractivity contribution in [1.82, 2.24) is 9.76 Å². The Morgan fingerprint density at radius 1 is 1.33 bits per heavy atom. The van der Waals surface area contributed by atoms with Gasteiger partial charge >= 0.3 is 7.67 Å². The van der Waals surface area contributed by atoms with Crippen LogP contribution >= 0.6 is 30.9 Å². The molecule has 2 aliphatic heterocycles. The maximum absolute atomic E-state index is 12.8. The van der Waals surface area contributed by atoms with Crippen LogP contribution in [-0.2, 0) is 13.8 Å². The van der Waals surface area contributed by atoms with Crippen LogP contribution in [0.15, 0.2) is 0 Å². The summed E-state index contributed by atoms with van der Waals surface area (Å²) in [6, 6.07) is 0. The lowest BCUT2D eigenvalue weighted by atomic mass is 10.0. The van der Waals surface area contributed by atoms with Crippen LogP contribution in [0.5, 0.6) is 0 Å². The molecule has 2 rings (SSSR count). The number of halogens is 2. The molecule has 5 nitrogen and oxygen atoms in total.